The van der Waals surface area contributed by atoms with Crippen molar-refractivity contribution in [3.8, 4) is 0 Å². The van der Waals surface area contributed by atoms with Crippen LogP contribution in [0.5, 0.6) is 0 Å². The highest BCUT2D eigenvalue weighted by Gasteiger charge is 2.20. The largest absolute Gasteiger partial charge is 0.386 e. The Morgan fingerprint density at radius 1 is 1.21 bits per heavy atom. The van der Waals surface area contributed by atoms with E-state index in [1.807, 2.05) is 19.1 Å². The fraction of sp³-hybridized carbons (Fsp3) is 0.455. The third-order valence-electron chi connectivity index (χ3n) is 5.11. The van der Waals surface area contributed by atoms with Crippen LogP contribution in [-0.2, 0) is 6.54 Å². The van der Waals surface area contributed by atoms with Gasteiger partial charge in [-0.25, -0.2) is 4.39 Å². The van der Waals surface area contributed by atoms with Crippen LogP contribution in [0.15, 0.2) is 53.8 Å². The van der Waals surface area contributed by atoms with Crippen LogP contribution in [0.3, 0.4) is 0 Å². The predicted octanol–water partition coefficient (Wildman–Crippen LogP) is 2.47. The molecule has 0 aliphatic carbocycles. The van der Waals surface area contributed by atoms with E-state index in [-0.39, 0.29) is 5.82 Å². The summed E-state index contributed by atoms with van der Waals surface area (Å²) in [4.78, 5) is 10.9. The summed E-state index contributed by atoms with van der Waals surface area (Å²) in [5, 5.41) is 17.1. The van der Waals surface area contributed by atoms with Crippen LogP contribution in [-0.4, -0.2) is 53.2 Å². The van der Waals surface area contributed by atoms with Gasteiger partial charge in [0.05, 0.1) is 12.6 Å². The van der Waals surface area contributed by atoms with Gasteiger partial charge in [-0.1, -0.05) is 12.1 Å². The Morgan fingerprint density at radius 3 is 2.55 bits per heavy atom. The lowest BCUT2D eigenvalue weighted by Crippen LogP contribution is -2.48. The fourth-order valence-corrected chi connectivity index (χ4v) is 3.47. The minimum Gasteiger partial charge on any atom is -0.386 e. The quantitative estimate of drug-likeness (QED) is 0.493. The van der Waals surface area contributed by atoms with Crippen LogP contribution in [0.25, 0.3) is 0 Å². The number of likely N-dealkylation sites (tertiary alicyclic amines) is 1. The number of nitrogens with one attached hydrogen (secondary N) is 2. The Balaban J connectivity index is 1.47. The minimum atomic E-state index is -0.647. The zero-order valence-corrected chi connectivity index (χ0v) is 16.9. The molecule has 0 radical (unpaired) electrons. The fourth-order valence-electron chi connectivity index (χ4n) is 3.47. The van der Waals surface area contributed by atoms with Crippen molar-refractivity contribution in [1.82, 2.24) is 20.5 Å². The van der Waals surface area contributed by atoms with Gasteiger partial charge in [-0.3, -0.25) is 14.9 Å². The lowest BCUT2D eigenvalue weighted by molar-refractivity contribution is 0.186. The number of aliphatic hydroxyl groups excluding tert-OH is 1. The molecule has 1 saturated heterocycles. The summed E-state index contributed by atoms with van der Waals surface area (Å²) in [7, 11) is 0. The number of guanidine groups is 1. The highest BCUT2D eigenvalue weighted by molar-refractivity contribution is 5.80. The first-order valence-corrected chi connectivity index (χ1v) is 10.2. The van der Waals surface area contributed by atoms with Crippen LogP contribution in [0.1, 0.15) is 37.0 Å². The molecule has 1 aromatic carbocycles. The number of aliphatic imine (C=N–C) groups is 1. The molecule has 0 saturated carbocycles. The van der Waals surface area contributed by atoms with Crippen molar-refractivity contribution in [3.63, 3.8) is 0 Å². The van der Waals surface area contributed by atoms with E-state index in [1.54, 1.807) is 24.5 Å². The predicted molar refractivity (Wildman–Crippen MR) is 113 cm³/mol. The molecule has 2 heterocycles. The van der Waals surface area contributed by atoms with Gasteiger partial charge in [-0.05, 0) is 55.2 Å². The molecule has 1 aliphatic rings. The monoisotopic (exact) mass is 399 g/mol. The summed E-state index contributed by atoms with van der Waals surface area (Å²) >= 11 is 0. The third-order valence-corrected chi connectivity index (χ3v) is 5.11. The number of aliphatic hydroxyl groups is 1. The summed E-state index contributed by atoms with van der Waals surface area (Å²) in [6, 6.07) is 10.7. The highest BCUT2D eigenvalue weighted by atomic mass is 19.1. The van der Waals surface area contributed by atoms with E-state index >= 15 is 0 Å². The Morgan fingerprint density at radius 2 is 1.90 bits per heavy atom. The van der Waals surface area contributed by atoms with Gasteiger partial charge in [0.25, 0.3) is 0 Å². The van der Waals surface area contributed by atoms with Gasteiger partial charge in [0.2, 0.25) is 0 Å². The molecule has 1 aromatic heterocycles. The summed E-state index contributed by atoms with van der Waals surface area (Å²) in [5.74, 6) is 0.540. The summed E-state index contributed by atoms with van der Waals surface area (Å²) in [6.45, 7) is 5.90. The number of benzene rings is 1. The first kappa shape index (κ1) is 21.2. The lowest BCUT2D eigenvalue weighted by Gasteiger charge is -2.33. The number of nitrogens with zero attached hydrogens (tertiary/aromatic N) is 3. The van der Waals surface area contributed by atoms with Crippen LogP contribution in [0.2, 0.25) is 0 Å². The number of hydrogen-bond acceptors (Lipinski definition) is 4. The highest BCUT2D eigenvalue weighted by Crippen LogP contribution is 2.15. The molecular formula is C22H30FN5O. The Kier molecular flexibility index (Phi) is 7.95. The molecule has 156 valence electrons. The van der Waals surface area contributed by atoms with E-state index in [0.29, 0.717) is 12.6 Å². The zero-order chi connectivity index (χ0) is 20.5. The van der Waals surface area contributed by atoms with Gasteiger partial charge in [0.1, 0.15) is 5.82 Å². The molecule has 0 spiro atoms. The number of halogens is 1. The van der Waals surface area contributed by atoms with E-state index in [1.165, 1.54) is 12.1 Å². The average Bonchev–Trinajstić information content (AvgIpc) is 2.75. The standard InChI is InChI=1S/C22H30FN5O/c1-2-25-22(26-15-21(29)18-7-11-24-12-8-18)27-20-9-13-28(14-10-20)16-17-3-5-19(23)6-4-17/h3-8,11-12,20-21,29H,2,9-10,13-16H2,1H3,(H2,25,26,27). The van der Waals surface area contributed by atoms with Gasteiger partial charge in [-0.15, -0.1) is 0 Å². The van der Waals surface area contributed by atoms with Crippen LogP contribution in [0.4, 0.5) is 4.39 Å². The molecule has 29 heavy (non-hydrogen) atoms. The van der Waals surface area contributed by atoms with E-state index < -0.39 is 6.10 Å². The van der Waals surface area contributed by atoms with Gasteiger partial charge >= 0.3 is 0 Å². The van der Waals surface area contributed by atoms with Gasteiger partial charge in [0, 0.05) is 44.6 Å². The van der Waals surface area contributed by atoms with Crippen LogP contribution >= 0.6 is 0 Å². The Labute approximate surface area is 171 Å². The molecule has 3 N–H and O–H groups in total. The van der Waals surface area contributed by atoms with Crippen molar-refractivity contribution in [3.05, 3.63) is 65.7 Å². The van der Waals surface area contributed by atoms with Gasteiger partial charge in [0.15, 0.2) is 5.96 Å². The number of pyridine rings is 1. The van der Waals surface area contributed by atoms with Crippen molar-refractivity contribution >= 4 is 5.96 Å². The van der Waals surface area contributed by atoms with Crippen molar-refractivity contribution in [2.45, 2.75) is 38.5 Å². The maximum atomic E-state index is 13.1. The number of hydrogen-bond donors (Lipinski definition) is 3. The topological polar surface area (TPSA) is 72.8 Å². The second-order valence-electron chi connectivity index (χ2n) is 7.34. The lowest BCUT2D eigenvalue weighted by atomic mass is 10.0. The third kappa shape index (κ3) is 6.80. The van der Waals surface area contributed by atoms with Crippen LogP contribution < -0.4 is 10.6 Å². The van der Waals surface area contributed by atoms with E-state index in [4.69, 9.17) is 0 Å². The van der Waals surface area contributed by atoms with Gasteiger partial charge < -0.3 is 15.7 Å². The summed E-state index contributed by atoms with van der Waals surface area (Å²) in [5.41, 5.74) is 1.95. The normalized spacial score (nSPS) is 17.1. The number of piperidine rings is 1. The molecule has 2 aromatic rings. The second kappa shape index (κ2) is 10.9. The van der Waals surface area contributed by atoms with Crippen molar-refractivity contribution < 1.29 is 9.50 Å². The maximum Gasteiger partial charge on any atom is 0.191 e. The minimum absolute atomic E-state index is 0.194. The Bertz CT molecular complexity index is 761. The first-order valence-electron chi connectivity index (χ1n) is 10.2. The van der Waals surface area contributed by atoms with Crippen molar-refractivity contribution in [2.75, 3.05) is 26.2 Å². The summed E-state index contributed by atoms with van der Waals surface area (Å²) < 4.78 is 13.1. The molecular weight excluding hydrogens is 369 g/mol. The maximum absolute atomic E-state index is 13.1. The van der Waals surface area contributed by atoms with E-state index in [0.717, 1.165) is 56.1 Å². The molecule has 3 rings (SSSR count). The van der Waals surface area contributed by atoms with Crippen molar-refractivity contribution in [2.24, 2.45) is 4.99 Å². The SMILES string of the molecule is CCNC(=NCC(O)c1ccncc1)NC1CCN(Cc2ccc(F)cc2)CC1. The molecule has 7 heteroatoms. The smallest absolute Gasteiger partial charge is 0.191 e. The molecule has 0 bridgehead atoms. The summed E-state index contributed by atoms with van der Waals surface area (Å²) in [6.07, 6.45) is 4.72. The molecule has 6 nitrogen and oxygen atoms in total. The molecule has 1 atom stereocenters. The van der Waals surface area contributed by atoms with E-state index in [9.17, 15) is 9.50 Å². The first-order chi connectivity index (χ1) is 14.1. The van der Waals surface area contributed by atoms with E-state index in [2.05, 4.69) is 25.5 Å². The molecule has 1 unspecified atom stereocenters. The molecule has 1 aliphatic heterocycles. The van der Waals surface area contributed by atoms with Gasteiger partial charge in [-0.2, -0.15) is 0 Å². The van der Waals surface area contributed by atoms with Crippen LogP contribution in [0, 0.1) is 5.82 Å². The molecule has 0 amide bonds. The molecule has 1 fully saturated rings. The number of rotatable bonds is 7. The zero-order valence-electron chi connectivity index (χ0n) is 16.9. The second-order valence-corrected chi connectivity index (χ2v) is 7.34. The average molecular weight is 400 g/mol. The number of aromatic nitrogens is 1. The Hall–Kier alpha value is -2.51. The van der Waals surface area contributed by atoms with Crippen molar-refractivity contribution in [1.29, 1.82) is 0 Å².